The van der Waals surface area contributed by atoms with E-state index in [0.717, 1.165) is 34.1 Å². The van der Waals surface area contributed by atoms with Crippen molar-refractivity contribution < 1.29 is 0 Å². The van der Waals surface area contributed by atoms with Gasteiger partial charge in [-0.1, -0.05) is 42.8 Å². The zero-order chi connectivity index (χ0) is 22.5. The van der Waals surface area contributed by atoms with Gasteiger partial charge in [-0.15, -0.1) is 0 Å². The summed E-state index contributed by atoms with van der Waals surface area (Å²) in [7, 11) is 0. The largest absolute Gasteiger partial charge is 0.340 e. The molecule has 6 heteroatoms. The second-order valence-electron chi connectivity index (χ2n) is 7.87. The fraction of sp³-hybridized carbons (Fsp3) is 0.192. The number of aromatic nitrogens is 2. The lowest BCUT2D eigenvalue weighted by Crippen LogP contribution is -2.35. The highest BCUT2D eigenvalue weighted by Crippen LogP contribution is 2.19. The number of benzene rings is 2. The van der Waals surface area contributed by atoms with E-state index in [1.807, 2.05) is 66.6 Å². The minimum atomic E-state index is -0.103. The maximum Gasteiger partial charge on any atom is 0.253 e. The topological polar surface area (TPSA) is 61.0 Å². The van der Waals surface area contributed by atoms with Gasteiger partial charge in [0.25, 0.3) is 5.56 Å². The lowest BCUT2D eigenvalue weighted by molar-refractivity contribution is 0.410. The maximum atomic E-state index is 12.8. The van der Waals surface area contributed by atoms with Crippen LogP contribution in [0.3, 0.4) is 0 Å². The number of thiocarbonyl (C=S) groups is 1. The van der Waals surface area contributed by atoms with Crippen molar-refractivity contribution in [2.45, 2.75) is 33.4 Å². The molecule has 0 bridgehead atoms. The minimum Gasteiger partial charge on any atom is -0.340 e. The number of fused-ring (bicyclic) bond motifs is 1. The Morgan fingerprint density at radius 3 is 2.69 bits per heavy atom. The summed E-state index contributed by atoms with van der Waals surface area (Å²) < 4.78 is 0. The predicted octanol–water partition coefficient (Wildman–Crippen LogP) is 5.19. The van der Waals surface area contributed by atoms with E-state index in [-0.39, 0.29) is 5.56 Å². The second-order valence-corrected chi connectivity index (χ2v) is 8.26. The summed E-state index contributed by atoms with van der Waals surface area (Å²) in [5.41, 5.74) is 5.74. The van der Waals surface area contributed by atoms with Crippen molar-refractivity contribution in [2.75, 3.05) is 5.32 Å². The van der Waals surface area contributed by atoms with Crippen LogP contribution in [-0.2, 0) is 19.5 Å². The molecule has 4 aromatic rings. The summed E-state index contributed by atoms with van der Waals surface area (Å²) in [4.78, 5) is 22.1. The Labute approximate surface area is 193 Å². The maximum absolute atomic E-state index is 12.8. The number of hydrogen-bond acceptors (Lipinski definition) is 3. The fourth-order valence-electron chi connectivity index (χ4n) is 3.75. The zero-order valence-corrected chi connectivity index (χ0v) is 19.1. The lowest BCUT2D eigenvalue weighted by atomic mass is 10.1. The number of anilines is 1. The molecular weight excluding hydrogens is 416 g/mol. The van der Waals surface area contributed by atoms with Crippen LogP contribution in [0.25, 0.3) is 10.9 Å². The van der Waals surface area contributed by atoms with Crippen molar-refractivity contribution in [2.24, 2.45) is 0 Å². The first-order valence-corrected chi connectivity index (χ1v) is 11.1. The quantitative estimate of drug-likeness (QED) is 0.402. The molecule has 0 saturated carbocycles. The van der Waals surface area contributed by atoms with E-state index in [0.29, 0.717) is 23.8 Å². The van der Waals surface area contributed by atoms with Gasteiger partial charge < -0.3 is 15.2 Å². The Bertz CT molecular complexity index is 1300. The Morgan fingerprint density at radius 2 is 1.91 bits per heavy atom. The van der Waals surface area contributed by atoms with Gasteiger partial charge in [-0.2, -0.15) is 0 Å². The number of aryl methyl sites for hydroxylation is 2. The minimum absolute atomic E-state index is 0.103. The zero-order valence-electron chi connectivity index (χ0n) is 18.3. The number of nitrogens with zero attached hydrogens (tertiary/aromatic N) is 2. The van der Waals surface area contributed by atoms with Crippen molar-refractivity contribution in [1.82, 2.24) is 14.9 Å². The van der Waals surface area contributed by atoms with Gasteiger partial charge in [-0.05, 0) is 72.4 Å². The smallest absolute Gasteiger partial charge is 0.253 e. The normalized spacial score (nSPS) is 10.8. The molecule has 0 amide bonds. The highest BCUT2D eigenvalue weighted by Gasteiger charge is 2.15. The van der Waals surface area contributed by atoms with E-state index in [2.05, 4.69) is 34.3 Å². The molecule has 0 aliphatic heterocycles. The van der Waals surface area contributed by atoms with Crippen LogP contribution in [0.15, 0.2) is 77.9 Å². The highest BCUT2D eigenvalue weighted by atomic mass is 32.1. The average molecular weight is 443 g/mol. The molecule has 4 rings (SSSR count). The van der Waals surface area contributed by atoms with Crippen LogP contribution in [0.1, 0.15) is 29.2 Å². The molecule has 32 heavy (non-hydrogen) atoms. The number of H-pyrrole nitrogens is 1. The summed E-state index contributed by atoms with van der Waals surface area (Å²) in [5, 5.41) is 4.97. The molecule has 0 fully saturated rings. The third-order valence-electron chi connectivity index (χ3n) is 5.46. The summed E-state index contributed by atoms with van der Waals surface area (Å²) in [5.74, 6) is 0. The van der Waals surface area contributed by atoms with Crippen LogP contribution >= 0.6 is 12.2 Å². The Balaban J connectivity index is 1.66. The van der Waals surface area contributed by atoms with Crippen molar-refractivity contribution in [1.29, 1.82) is 0 Å². The van der Waals surface area contributed by atoms with Crippen molar-refractivity contribution in [3.05, 3.63) is 106 Å². The Hall–Kier alpha value is -3.51. The molecule has 2 aromatic carbocycles. The first-order chi connectivity index (χ1) is 15.5. The van der Waals surface area contributed by atoms with Gasteiger partial charge in [0.2, 0.25) is 0 Å². The predicted molar refractivity (Wildman–Crippen MR) is 135 cm³/mol. The van der Waals surface area contributed by atoms with E-state index in [1.165, 1.54) is 5.56 Å². The molecule has 0 radical (unpaired) electrons. The van der Waals surface area contributed by atoms with Gasteiger partial charge >= 0.3 is 0 Å². The van der Waals surface area contributed by atoms with Crippen molar-refractivity contribution >= 4 is 33.9 Å². The molecule has 5 nitrogen and oxygen atoms in total. The third kappa shape index (κ3) is 5.03. The average Bonchev–Trinajstić information content (AvgIpc) is 2.80. The van der Waals surface area contributed by atoms with Crippen LogP contribution in [0.2, 0.25) is 0 Å². The number of nitrogens with one attached hydrogen (secondary N) is 2. The van der Waals surface area contributed by atoms with Crippen molar-refractivity contribution in [3.8, 4) is 0 Å². The van der Waals surface area contributed by atoms with E-state index in [9.17, 15) is 4.79 Å². The van der Waals surface area contributed by atoms with E-state index in [4.69, 9.17) is 12.2 Å². The van der Waals surface area contributed by atoms with Crippen molar-refractivity contribution in [3.63, 3.8) is 0 Å². The molecule has 2 aromatic heterocycles. The Morgan fingerprint density at radius 1 is 1.06 bits per heavy atom. The number of pyridine rings is 2. The first-order valence-electron chi connectivity index (χ1n) is 10.7. The van der Waals surface area contributed by atoms with Gasteiger partial charge in [0.15, 0.2) is 5.11 Å². The third-order valence-corrected chi connectivity index (χ3v) is 5.82. The lowest BCUT2D eigenvalue weighted by Gasteiger charge is -2.26. The molecular formula is C26H26N4OS. The van der Waals surface area contributed by atoms with E-state index in [1.54, 1.807) is 6.20 Å². The van der Waals surface area contributed by atoms with Crippen LogP contribution < -0.4 is 10.9 Å². The molecule has 2 heterocycles. The second kappa shape index (κ2) is 9.75. The molecule has 0 aliphatic rings. The Kier molecular flexibility index (Phi) is 6.61. The molecule has 0 saturated heterocycles. The van der Waals surface area contributed by atoms with Crippen LogP contribution in [0.4, 0.5) is 5.69 Å². The molecule has 0 atom stereocenters. The molecule has 0 aliphatic carbocycles. The highest BCUT2D eigenvalue weighted by molar-refractivity contribution is 7.80. The van der Waals surface area contributed by atoms with Gasteiger partial charge in [0.1, 0.15) is 0 Å². The summed E-state index contributed by atoms with van der Waals surface area (Å²) in [6.07, 6.45) is 4.47. The van der Waals surface area contributed by atoms with E-state index < -0.39 is 0 Å². The van der Waals surface area contributed by atoms with Gasteiger partial charge in [-0.25, -0.2) is 0 Å². The first kappa shape index (κ1) is 21.7. The van der Waals surface area contributed by atoms with Crippen LogP contribution in [0.5, 0.6) is 0 Å². The van der Waals surface area contributed by atoms with Gasteiger partial charge in [-0.3, -0.25) is 9.78 Å². The molecule has 162 valence electrons. The van der Waals surface area contributed by atoms with E-state index >= 15 is 0 Å². The molecule has 2 N–H and O–H groups in total. The summed E-state index contributed by atoms with van der Waals surface area (Å²) in [6.45, 7) is 5.09. The number of hydrogen-bond donors (Lipinski definition) is 2. The molecule has 0 unspecified atom stereocenters. The molecule has 0 spiro atoms. The summed E-state index contributed by atoms with van der Waals surface area (Å²) in [6, 6.07) is 20.0. The summed E-state index contributed by atoms with van der Waals surface area (Å²) >= 11 is 5.81. The monoisotopic (exact) mass is 442 g/mol. The fourth-order valence-corrected chi connectivity index (χ4v) is 3.99. The number of rotatable bonds is 6. The number of aromatic amines is 1. The van der Waals surface area contributed by atoms with Gasteiger partial charge in [0.05, 0.1) is 6.54 Å². The number of para-hydroxylation sites is 1. The standard InChI is InChI=1S/C26H26N4OS/c1-3-20-8-4-5-9-23(20)29-26(32)30(16-19-7-6-12-27-15-19)17-22-14-21-13-18(2)10-11-24(21)28-25(22)31/h4-15H,3,16-17H2,1-2H3,(H,28,31)(H,29,32). The van der Waals surface area contributed by atoms with Crippen LogP contribution in [0, 0.1) is 6.92 Å². The van der Waals surface area contributed by atoms with Gasteiger partial charge in [0, 0.05) is 35.7 Å². The SMILES string of the molecule is CCc1ccccc1NC(=S)N(Cc1cccnc1)Cc1cc2cc(C)ccc2[nH]c1=O. The van der Waals surface area contributed by atoms with Crippen LogP contribution in [-0.4, -0.2) is 20.0 Å².